The second kappa shape index (κ2) is 8.49. The Morgan fingerprint density at radius 3 is 2.68 bits per heavy atom. The van der Waals surface area contributed by atoms with Gasteiger partial charge in [0.15, 0.2) is 5.11 Å². The van der Waals surface area contributed by atoms with Gasteiger partial charge in [-0.3, -0.25) is 4.79 Å². The van der Waals surface area contributed by atoms with Gasteiger partial charge in [0, 0.05) is 24.5 Å². The number of thiocarbonyl (C=S) groups is 1. The summed E-state index contributed by atoms with van der Waals surface area (Å²) in [6.07, 6.45) is 7.14. The van der Waals surface area contributed by atoms with E-state index in [1.165, 1.54) is 19.3 Å². The fourth-order valence-corrected chi connectivity index (χ4v) is 3.35. The Morgan fingerprint density at radius 1 is 1.32 bits per heavy atom. The first kappa shape index (κ1) is 17.2. The van der Waals surface area contributed by atoms with Gasteiger partial charge in [-0.25, -0.2) is 0 Å². The molecule has 1 aliphatic rings. The molecular weight excluding hydrogens is 316 g/mol. The molecule has 1 saturated carbocycles. The third-order valence-corrected chi connectivity index (χ3v) is 5.03. The van der Waals surface area contributed by atoms with Crippen molar-refractivity contribution in [1.29, 1.82) is 0 Å². The van der Waals surface area contributed by atoms with Crippen LogP contribution < -0.4 is 5.32 Å². The summed E-state index contributed by atoms with van der Waals surface area (Å²) < 4.78 is 0. The van der Waals surface area contributed by atoms with Crippen LogP contribution in [0, 0.1) is 0 Å². The highest BCUT2D eigenvalue weighted by Crippen LogP contribution is 2.21. The van der Waals surface area contributed by atoms with Crippen LogP contribution in [0.3, 0.4) is 0 Å². The third-order valence-electron chi connectivity index (χ3n) is 4.27. The van der Waals surface area contributed by atoms with Crippen molar-refractivity contribution in [2.24, 2.45) is 0 Å². The SMILES string of the molecule is CN(C(=S)NC(=O)CCc1ccccc1Cl)C1CCCCC1. The Morgan fingerprint density at radius 2 is 2.00 bits per heavy atom. The minimum atomic E-state index is -0.0485. The van der Waals surface area contributed by atoms with E-state index >= 15 is 0 Å². The Kier molecular flexibility index (Phi) is 6.65. The van der Waals surface area contributed by atoms with Crippen LogP contribution in [-0.4, -0.2) is 29.0 Å². The zero-order valence-corrected chi connectivity index (χ0v) is 14.6. The lowest BCUT2D eigenvalue weighted by Gasteiger charge is -2.32. The number of rotatable bonds is 4. The molecule has 0 saturated heterocycles. The average Bonchev–Trinajstić information content (AvgIpc) is 2.54. The molecule has 0 heterocycles. The van der Waals surface area contributed by atoms with Crippen molar-refractivity contribution < 1.29 is 4.79 Å². The molecule has 0 aromatic heterocycles. The second-order valence-corrected chi connectivity index (χ2v) is 6.64. The molecule has 1 amide bonds. The topological polar surface area (TPSA) is 32.3 Å². The molecule has 120 valence electrons. The largest absolute Gasteiger partial charge is 0.349 e. The zero-order chi connectivity index (χ0) is 15.9. The standard InChI is InChI=1S/C17H23ClN2OS/c1-20(14-8-3-2-4-9-14)17(22)19-16(21)12-11-13-7-5-6-10-15(13)18/h5-7,10,14H,2-4,8-9,11-12H2,1H3,(H,19,21,22). The maximum absolute atomic E-state index is 12.1. The van der Waals surface area contributed by atoms with E-state index in [1.807, 2.05) is 36.2 Å². The molecule has 1 N–H and O–H groups in total. The van der Waals surface area contributed by atoms with E-state index < -0.39 is 0 Å². The van der Waals surface area contributed by atoms with Crippen LogP contribution >= 0.6 is 23.8 Å². The first-order valence-corrected chi connectivity index (χ1v) is 8.66. The van der Waals surface area contributed by atoms with Crippen LogP contribution in [-0.2, 0) is 11.2 Å². The van der Waals surface area contributed by atoms with Gasteiger partial charge in [0.25, 0.3) is 0 Å². The number of amides is 1. The molecule has 0 bridgehead atoms. The van der Waals surface area contributed by atoms with E-state index in [2.05, 4.69) is 5.32 Å². The first-order valence-electron chi connectivity index (χ1n) is 7.88. The Bertz CT molecular complexity index is 529. The zero-order valence-electron chi connectivity index (χ0n) is 13.0. The fourth-order valence-electron chi connectivity index (χ4n) is 2.85. The van der Waals surface area contributed by atoms with Gasteiger partial charge in [-0.05, 0) is 43.1 Å². The van der Waals surface area contributed by atoms with Crippen molar-refractivity contribution in [3.8, 4) is 0 Å². The number of carbonyl (C=O) groups excluding carboxylic acids is 1. The van der Waals surface area contributed by atoms with Crippen LogP contribution in [0.4, 0.5) is 0 Å². The lowest BCUT2D eigenvalue weighted by Crippen LogP contribution is -2.46. The molecule has 2 rings (SSSR count). The molecule has 0 spiro atoms. The molecule has 1 aromatic carbocycles. The molecule has 1 aliphatic carbocycles. The first-order chi connectivity index (χ1) is 10.6. The molecule has 22 heavy (non-hydrogen) atoms. The van der Waals surface area contributed by atoms with Crippen molar-refractivity contribution in [3.05, 3.63) is 34.9 Å². The molecule has 5 heteroatoms. The minimum Gasteiger partial charge on any atom is -0.349 e. The minimum absolute atomic E-state index is 0.0485. The van der Waals surface area contributed by atoms with Gasteiger partial charge in [0.2, 0.25) is 5.91 Å². The average molecular weight is 339 g/mol. The molecule has 1 fully saturated rings. The predicted molar refractivity (Wildman–Crippen MR) is 95.1 cm³/mol. The number of nitrogens with zero attached hydrogens (tertiary/aromatic N) is 1. The van der Waals surface area contributed by atoms with Crippen LogP contribution in [0.25, 0.3) is 0 Å². The summed E-state index contributed by atoms with van der Waals surface area (Å²) in [6, 6.07) is 8.07. The van der Waals surface area contributed by atoms with Gasteiger partial charge < -0.3 is 10.2 Å². The summed E-state index contributed by atoms with van der Waals surface area (Å²) in [7, 11) is 1.98. The van der Waals surface area contributed by atoms with Crippen LogP contribution in [0.5, 0.6) is 0 Å². The molecular formula is C17H23ClN2OS. The number of benzene rings is 1. The van der Waals surface area contributed by atoms with Crippen LogP contribution in [0.15, 0.2) is 24.3 Å². The number of aryl methyl sites for hydroxylation is 1. The second-order valence-electron chi connectivity index (χ2n) is 5.85. The third kappa shape index (κ3) is 4.96. The fraction of sp³-hybridized carbons (Fsp3) is 0.529. The number of halogens is 1. The van der Waals surface area contributed by atoms with Gasteiger partial charge in [-0.1, -0.05) is 49.1 Å². The number of nitrogens with one attached hydrogen (secondary N) is 1. The predicted octanol–water partition coefficient (Wildman–Crippen LogP) is 3.94. The summed E-state index contributed by atoms with van der Waals surface area (Å²) >= 11 is 11.5. The number of carbonyl (C=O) groups is 1. The van der Waals surface area contributed by atoms with E-state index in [1.54, 1.807) is 0 Å². The lowest BCUT2D eigenvalue weighted by atomic mass is 9.95. The summed E-state index contributed by atoms with van der Waals surface area (Å²) in [5.41, 5.74) is 0.992. The van der Waals surface area contributed by atoms with Crippen LogP contribution in [0.2, 0.25) is 5.02 Å². The summed E-state index contributed by atoms with van der Waals surface area (Å²) in [4.78, 5) is 14.1. The highest BCUT2D eigenvalue weighted by atomic mass is 35.5. The van der Waals surface area contributed by atoms with Crippen molar-refractivity contribution >= 4 is 34.8 Å². The maximum atomic E-state index is 12.1. The van der Waals surface area contributed by atoms with E-state index in [9.17, 15) is 4.79 Å². The van der Waals surface area contributed by atoms with Gasteiger partial charge >= 0.3 is 0 Å². The highest BCUT2D eigenvalue weighted by Gasteiger charge is 2.20. The molecule has 0 aliphatic heterocycles. The van der Waals surface area contributed by atoms with E-state index in [0.29, 0.717) is 29.0 Å². The molecule has 0 atom stereocenters. The van der Waals surface area contributed by atoms with Crippen molar-refractivity contribution in [2.45, 2.75) is 51.0 Å². The normalized spacial score (nSPS) is 15.4. The van der Waals surface area contributed by atoms with Gasteiger partial charge in [-0.2, -0.15) is 0 Å². The van der Waals surface area contributed by atoms with Crippen molar-refractivity contribution in [2.75, 3.05) is 7.05 Å². The molecule has 0 radical (unpaired) electrons. The molecule has 0 unspecified atom stereocenters. The summed E-state index contributed by atoms with van der Waals surface area (Å²) in [6.45, 7) is 0. The van der Waals surface area contributed by atoms with E-state index in [-0.39, 0.29) is 5.91 Å². The lowest BCUT2D eigenvalue weighted by molar-refractivity contribution is -0.119. The molecule has 1 aromatic rings. The van der Waals surface area contributed by atoms with E-state index in [0.717, 1.165) is 18.4 Å². The summed E-state index contributed by atoms with van der Waals surface area (Å²) in [5, 5.41) is 4.09. The monoisotopic (exact) mass is 338 g/mol. The van der Waals surface area contributed by atoms with Crippen molar-refractivity contribution in [1.82, 2.24) is 10.2 Å². The quantitative estimate of drug-likeness (QED) is 0.844. The van der Waals surface area contributed by atoms with Gasteiger partial charge in [-0.15, -0.1) is 0 Å². The highest BCUT2D eigenvalue weighted by molar-refractivity contribution is 7.80. The van der Waals surface area contributed by atoms with Gasteiger partial charge in [0.1, 0.15) is 0 Å². The number of hydrogen-bond donors (Lipinski definition) is 1. The van der Waals surface area contributed by atoms with E-state index in [4.69, 9.17) is 23.8 Å². The van der Waals surface area contributed by atoms with Crippen LogP contribution in [0.1, 0.15) is 44.1 Å². The summed E-state index contributed by atoms with van der Waals surface area (Å²) in [5.74, 6) is -0.0485. The number of hydrogen-bond acceptors (Lipinski definition) is 2. The van der Waals surface area contributed by atoms with Gasteiger partial charge in [0.05, 0.1) is 0 Å². The Balaban J connectivity index is 1.78. The van der Waals surface area contributed by atoms with Crippen molar-refractivity contribution in [3.63, 3.8) is 0 Å². The Hall–Kier alpha value is -1.13. The molecule has 3 nitrogen and oxygen atoms in total. The maximum Gasteiger partial charge on any atom is 0.226 e. The Labute approximate surface area is 143 Å². The smallest absolute Gasteiger partial charge is 0.226 e.